The van der Waals surface area contributed by atoms with Crippen molar-refractivity contribution in [1.29, 1.82) is 0 Å². The average molecular weight is 565 g/mol. The topological polar surface area (TPSA) is 118 Å². The highest BCUT2D eigenvalue weighted by Crippen LogP contribution is 2.46. The minimum Gasteiger partial charge on any atom is -0.453 e. The van der Waals surface area contributed by atoms with Crippen LogP contribution in [-0.4, -0.2) is 52.8 Å². The average Bonchev–Trinajstić information content (AvgIpc) is 3.47. The molecule has 0 unspecified atom stereocenters. The first-order valence-corrected chi connectivity index (χ1v) is 14.7. The number of nitrogens with zero attached hydrogens (tertiary/aromatic N) is 2. The fraction of sp³-hybridized carbons (Fsp3) is 0.452. The van der Waals surface area contributed by atoms with E-state index >= 15 is 0 Å². The van der Waals surface area contributed by atoms with Crippen molar-refractivity contribution in [3.8, 4) is 22.3 Å². The Labute approximate surface area is 240 Å². The number of aromatic nitrogens is 1. The summed E-state index contributed by atoms with van der Waals surface area (Å²) in [5, 5.41) is 16.9. The molecular weight excluding hydrogens is 524 g/mol. The summed E-state index contributed by atoms with van der Waals surface area (Å²) in [6.45, 7) is 3.29. The third kappa shape index (κ3) is 7.08. The van der Waals surface area contributed by atoms with Crippen LogP contribution in [0.3, 0.4) is 0 Å². The van der Waals surface area contributed by atoms with Gasteiger partial charge in [0, 0.05) is 37.3 Å². The molecule has 0 radical (unpaired) electrons. The van der Waals surface area contributed by atoms with Crippen LogP contribution in [0.15, 0.2) is 53.4 Å². The first-order valence-electron chi connectivity index (χ1n) is 13.7. The maximum atomic E-state index is 11.4. The summed E-state index contributed by atoms with van der Waals surface area (Å²) in [5.74, 6) is 0.386. The number of nitrogens with one attached hydrogen (secondary N) is 1. The van der Waals surface area contributed by atoms with Gasteiger partial charge in [-0.05, 0) is 77.8 Å². The molecule has 3 aromatic rings. The molecule has 2 heterocycles. The van der Waals surface area contributed by atoms with Gasteiger partial charge in [-0.25, -0.2) is 9.78 Å². The fourth-order valence-electron chi connectivity index (χ4n) is 5.85. The van der Waals surface area contributed by atoms with Gasteiger partial charge in [0.2, 0.25) is 5.91 Å². The molecule has 4 N–H and O–H groups in total. The molecule has 0 atom stereocenters. The predicted molar refractivity (Wildman–Crippen MR) is 160 cm³/mol. The van der Waals surface area contributed by atoms with E-state index in [1.165, 1.54) is 33.3 Å². The van der Waals surface area contributed by atoms with Gasteiger partial charge in [0.15, 0.2) is 0 Å². The lowest BCUT2D eigenvalue weighted by molar-refractivity contribution is -0.114. The number of pyridine rings is 1. The van der Waals surface area contributed by atoms with Gasteiger partial charge in [0.25, 0.3) is 0 Å². The summed E-state index contributed by atoms with van der Waals surface area (Å²) in [5.41, 5.74) is 10.5. The smallest absolute Gasteiger partial charge is 0.409 e. The molecule has 0 saturated heterocycles. The normalized spacial score (nSPS) is 22.4. The lowest BCUT2D eigenvalue weighted by Crippen LogP contribution is -2.58. The van der Waals surface area contributed by atoms with Crippen molar-refractivity contribution >= 4 is 29.2 Å². The monoisotopic (exact) mass is 564 g/mol. The van der Waals surface area contributed by atoms with Gasteiger partial charge in [-0.15, -0.1) is 0 Å². The van der Waals surface area contributed by atoms with E-state index in [1.54, 1.807) is 22.4 Å². The number of carbonyl (C=O) groups is 2. The lowest BCUT2D eigenvalue weighted by Gasteiger charge is -2.49. The van der Waals surface area contributed by atoms with Crippen molar-refractivity contribution in [2.24, 2.45) is 5.73 Å². The van der Waals surface area contributed by atoms with Crippen molar-refractivity contribution in [2.45, 2.75) is 76.0 Å². The van der Waals surface area contributed by atoms with Gasteiger partial charge >= 0.3 is 6.09 Å². The molecule has 40 heavy (non-hydrogen) atoms. The summed E-state index contributed by atoms with van der Waals surface area (Å²) in [4.78, 5) is 28.6. The van der Waals surface area contributed by atoms with Crippen LogP contribution < -0.4 is 11.1 Å². The van der Waals surface area contributed by atoms with Crippen LogP contribution in [-0.2, 0) is 15.1 Å². The van der Waals surface area contributed by atoms with Crippen LogP contribution in [0.4, 0.5) is 10.6 Å². The third-order valence-electron chi connectivity index (χ3n) is 7.79. The zero-order valence-electron chi connectivity index (χ0n) is 23.8. The van der Waals surface area contributed by atoms with Crippen LogP contribution in [0.2, 0.25) is 0 Å². The quantitative estimate of drug-likeness (QED) is 0.342. The number of aliphatic hydroxyl groups is 1. The predicted octanol–water partition coefficient (Wildman–Crippen LogP) is 6.15. The summed E-state index contributed by atoms with van der Waals surface area (Å²) < 4.78 is 4.65. The molecular formula is C31H40N4O4S. The molecule has 0 bridgehead atoms. The number of methoxy groups -OCH3 is 1. The Bertz CT molecular complexity index is 1290. The number of nitrogens with two attached hydrogens (primary N) is 1. The van der Waals surface area contributed by atoms with Crippen molar-refractivity contribution in [3.63, 3.8) is 0 Å². The van der Waals surface area contributed by atoms with E-state index in [1.807, 2.05) is 49.7 Å². The number of hydrogen-bond donors (Lipinski definition) is 3. The number of benzene rings is 1. The lowest BCUT2D eigenvalue weighted by atomic mass is 9.63. The van der Waals surface area contributed by atoms with Crippen molar-refractivity contribution in [1.82, 2.24) is 9.88 Å². The van der Waals surface area contributed by atoms with E-state index in [0.29, 0.717) is 24.7 Å². The second kappa shape index (κ2) is 12.5. The van der Waals surface area contributed by atoms with E-state index in [9.17, 15) is 14.7 Å². The van der Waals surface area contributed by atoms with Gasteiger partial charge < -0.3 is 25.8 Å². The maximum Gasteiger partial charge on any atom is 0.409 e. The Morgan fingerprint density at radius 1 is 1.10 bits per heavy atom. The molecule has 5 rings (SSSR count). The second-order valence-corrected chi connectivity index (χ2v) is 12.0. The number of carbonyl (C=O) groups excluding carboxylic acids is 2. The third-order valence-corrected chi connectivity index (χ3v) is 8.47. The fourth-order valence-corrected chi connectivity index (χ4v) is 6.50. The van der Waals surface area contributed by atoms with Crippen LogP contribution in [0.1, 0.15) is 64.4 Å². The number of amides is 2. The van der Waals surface area contributed by atoms with E-state index < -0.39 is 11.1 Å². The molecule has 1 aromatic carbocycles. The zero-order valence-corrected chi connectivity index (χ0v) is 24.6. The molecule has 0 aliphatic heterocycles. The minimum atomic E-state index is -0.678. The summed E-state index contributed by atoms with van der Waals surface area (Å²) in [7, 11) is 3.25. The molecule has 2 aromatic heterocycles. The molecule has 2 aliphatic carbocycles. The first kappa shape index (κ1) is 29.7. The molecule has 2 fully saturated rings. The molecule has 0 spiro atoms. The molecule has 2 amide bonds. The number of anilines is 1. The van der Waals surface area contributed by atoms with E-state index in [2.05, 4.69) is 26.5 Å². The van der Waals surface area contributed by atoms with E-state index in [0.717, 1.165) is 40.7 Å². The Kier molecular flexibility index (Phi) is 9.28. The molecule has 8 nitrogen and oxygen atoms in total. The number of ether oxygens (including phenoxy) is 1. The van der Waals surface area contributed by atoms with Crippen LogP contribution >= 0.6 is 11.3 Å². The number of hydrogen-bond acceptors (Lipinski definition) is 7. The number of thiophene rings is 1. The van der Waals surface area contributed by atoms with Gasteiger partial charge in [0.05, 0.1) is 12.7 Å². The Morgan fingerprint density at radius 3 is 2.33 bits per heavy atom. The standard InChI is InChI=1S/C22H23N3O2S.C9H17NO2/c1-14(26)25-20-9-18(16-7-8-28-11-16)19(10-24-20)15-3-5-17(6-4-15)22(23)12-21(2,27)13-22;1-10(9(11)12-2)8-6-4-3-5-7-8/h3-11,27H,12-13,23H2,1-2H3,(H,24,25,26);8H,3-7H2,1-2H3. The molecule has 9 heteroatoms. The van der Waals surface area contributed by atoms with Crippen LogP contribution in [0.5, 0.6) is 0 Å². The zero-order chi connectivity index (χ0) is 28.9. The summed E-state index contributed by atoms with van der Waals surface area (Å²) >= 11 is 1.63. The second-order valence-electron chi connectivity index (χ2n) is 11.3. The minimum absolute atomic E-state index is 0.148. The van der Waals surface area contributed by atoms with E-state index in [4.69, 9.17) is 5.73 Å². The first-order chi connectivity index (χ1) is 19.0. The summed E-state index contributed by atoms with van der Waals surface area (Å²) in [6, 6.07) is 12.5. The summed E-state index contributed by atoms with van der Waals surface area (Å²) in [6.07, 6.45) is 8.76. The highest BCUT2D eigenvalue weighted by atomic mass is 32.1. The van der Waals surface area contributed by atoms with Crippen LogP contribution in [0.25, 0.3) is 22.3 Å². The number of rotatable bonds is 5. The Morgan fingerprint density at radius 2 is 1.77 bits per heavy atom. The van der Waals surface area contributed by atoms with Crippen molar-refractivity contribution < 1.29 is 19.4 Å². The largest absolute Gasteiger partial charge is 0.453 e. The van der Waals surface area contributed by atoms with E-state index in [-0.39, 0.29) is 12.0 Å². The molecule has 2 aliphatic rings. The van der Waals surface area contributed by atoms with Crippen LogP contribution in [0, 0.1) is 0 Å². The maximum absolute atomic E-state index is 11.4. The SMILES string of the molecule is CC(=O)Nc1cc(-c2ccsc2)c(-c2ccc(C3(N)CC(C)(O)C3)cc2)cn1.COC(=O)N(C)C1CCCCC1. The molecule has 2 saturated carbocycles. The Hall–Kier alpha value is -3.27. The van der Waals surface area contributed by atoms with Gasteiger partial charge in [-0.2, -0.15) is 11.3 Å². The highest BCUT2D eigenvalue weighted by Gasteiger charge is 2.49. The van der Waals surface area contributed by atoms with Crippen molar-refractivity contribution in [3.05, 3.63) is 58.9 Å². The molecule has 214 valence electrons. The highest BCUT2D eigenvalue weighted by molar-refractivity contribution is 7.08. The van der Waals surface area contributed by atoms with Crippen molar-refractivity contribution in [2.75, 3.05) is 19.5 Å². The van der Waals surface area contributed by atoms with Gasteiger partial charge in [-0.1, -0.05) is 43.5 Å². The van der Waals surface area contributed by atoms with Gasteiger partial charge in [0.1, 0.15) is 5.82 Å². The van der Waals surface area contributed by atoms with Gasteiger partial charge in [-0.3, -0.25) is 4.79 Å². The Balaban J connectivity index is 0.000000259.